The Morgan fingerprint density at radius 3 is 2.83 bits per heavy atom. The van der Waals surface area contributed by atoms with E-state index in [1.165, 1.54) is 0 Å². The molecule has 12 heavy (non-hydrogen) atoms. The van der Waals surface area contributed by atoms with Crippen LogP contribution < -0.4 is 5.73 Å². The average Bonchev–Trinajstić information content (AvgIpc) is 2.04. The summed E-state index contributed by atoms with van der Waals surface area (Å²) in [5, 5.41) is 7.59. The van der Waals surface area contributed by atoms with Crippen molar-refractivity contribution >= 4 is 11.7 Å². The van der Waals surface area contributed by atoms with Gasteiger partial charge in [0, 0.05) is 13.0 Å². The van der Waals surface area contributed by atoms with Gasteiger partial charge in [0.25, 0.3) is 0 Å². The second-order valence-electron chi connectivity index (χ2n) is 3.18. The molecule has 1 saturated heterocycles. The molecule has 0 spiro atoms. The largest absolute Gasteiger partial charge is 0.368 e. The van der Waals surface area contributed by atoms with Gasteiger partial charge in [-0.25, -0.2) is 0 Å². The van der Waals surface area contributed by atoms with Gasteiger partial charge in [-0.15, -0.1) is 0 Å². The molecular formula is C8H15N3O. The number of carbonyl (C=O) groups excluding carboxylic acids is 1. The zero-order valence-electron chi connectivity index (χ0n) is 7.34. The Hall–Kier alpha value is -1.06. The fourth-order valence-electron chi connectivity index (χ4n) is 1.43. The number of amidine groups is 1. The summed E-state index contributed by atoms with van der Waals surface area (Å²) in [6, 6.07) is -0.321. The standard InChI is InChI=1S/C8H15N3O/c1-6(8(10)12)11-5-3-2-4-7(11)9/h6,9H,2-5H2,1H3,(H2,10,12). The molecule has 1 fully saturated rings. The molecule has 0 aliphatic carbocycles. The van der Waals surface area contributed by atoms with Crippen LogP contribution in [0.3, 0.4) is 0 Å². The number of likely N-dealkylation sites (tertiary alicyclic amines) is 1. The van der Waals surface area contributed by atoms with E-state index >= 15 is 0 Å². The Morgan fingerprint density at radius 2 is 2.33 bits per heavy atom. The van der Waals surface area contributed by atoms with E-state index in [-0.39, 0.29) is 11.9 Å². The summed E-state index contributed by atoms with van der Waals surface area (Å²) in [6.07, 6.45) is 2.89. The normalized spacial score (nSPS) is 20.8. The molecular weight excluding hydrogens is 154 g/mol. The number of nitrogens with one attached hydrogen (secondary N) is 1. The number of nitrogens with two attached hydrogens (primary N) is 1. The summed E-state index contributed by atoms with van der Waals surface area (Å²) in [7, 11) is 0. The molecule has 68 valence electrons. The topological polar surface area (TPSA) is 70.2 Å². The first kappa shape index (κ1) is 9.03. The van der Waals surface area contributed by atoms with Gasteiger partial charge >= 0.3 is 0 Å². The molecule has 1 atom stereocenters. The maximum absolute atomic E-state index is 10.8. The van der Waals surface area contributed by atoms with Crippen molar-refractivity contribution in [1.29, 1.82) is 5.41 Å². The second-order valence-corrected chi connectivity index (χ2v) is 3.18. The first-order valence-electron chi connectivity index (χ1n) is 4.26. The molecule has 0 bridgehead atoms. The molecule has 1 aliphatic heterocycles. The second kappa shape index (κ2) is 3.56. The molecule has 1 aliphatic rings. The van der Waals surface area contributed by atoms with Gasteiger partial charge in [-0.3, -0.25) is 10.2 Å². The molecule has 4 nitrogen and oxygen atoms in total. The minimum Gasteiger partial charge on any atom is -0.368 e. The van der Waals surface area contributed by atoms with E-state index in [4.69, 9.17) is 11.1 Å². The monoisotopic (exact) mass is 169 g/mol. The Morgan fingerprint density at radius 1 is 1.67 bits per heavy atom. The third-order valence-electron chi connectivity index (χ3n) is 2.29. The van der Waals surface area contributed by atoms with E-state index in [0.717, 1.165) is 25.8 Å². The van der Waals surface area contributed by atoms with Crippen LogP contribution in [0.2, 0.25) is 0 Å². The smallest absolute Gasteiger partial charge is 0.239 e. The van der Waals surface area contributed by atoms with E-state index < -0.39 is 0 Å². The third-order valence-corrected chi connectivity index (χ3v) is 2.29. The molecule has 0 aromatic rings. The highest BCUT2D eigenvalue weighted by atomic mass is 16.1. The van der Waals surface area contributed by atoms with Crippen LogP contribution in [0.4, 0.5) is 0 Å². The summed E-state index contributed by atoms with van der Waals surface area (Å²) in [5.74, 6) is 0.203. The summed E-state index contributed by atoms with van der Waals surface area (Å²) in [6.45, 7) is 2.55. The molecule has 1 amide bonds. The van der Waals surface area contributed by atoms with Gasteiger partial charge in [-0.2, -0.15) is 0 Å². The minimum atomic E-state index is -0.346. The van der Waals surface area contributed by atoms with Gasteiger partial charge in [0.15, 0.2) is 0 Å². The Balaban J connectivity index is 2.59. The quantitative estimate of drug-likeness (QED) is 0.625. The van der Waals surface area contributed by atoms with Crippen molar-refractivity contribution < 1.29 is 4.79 Å². The predicted octanol–water partition coefficient (Wildman–Crippen LogP) is 0.323. The molecule has 1 unspecified atom stereocenters. The fourth-order valence-corrected chi connectivity index (χ4v) is 1.43. The molecule has 0 radical (unpaired) electrons. The van der Waals surface area contributed by atoms with Crippen LogP contribution >= 0.6 is 0 Å². The zero-order chi connectivity index (χ0) is 9.14. The van der Waals surface area contributed by atoms with Crippen LogP contribution in [0.5, 0.6) is 0 Å². The van der Waals surface area contributed by atoms with Crippen molar-refractivity contribution in [3.63, 3.8) is 0 Å². The van der Waals surface area contributed by atoms with E-state index in [9.17, 15) is 4.79 Å². The van der Waals surface area contributed by atoms with Crippen molar-refractivity contribution in [2.75, 3.05) is 6.54 Å². The van der Waals surface area contributed by atoms with Crippen molar-refractivity contribution in [3.05, 3.63) is 0 Å². The van der Waals surface area contributed by atoms with Crippen LogP contribution in [-0.4, -0.2) is 29.2 Å². The van der Waals surface area contributed by atoms with Crippen LogP contribution in [0, 0.1) is 5.41 Å². The van der Waals surface area contributed by atoms with E-state index in [1.54, 1.807) is 11.8 Å². The molecule has 4 heteroatoms. The van der Waals surface area contributed by atoms with Crippen molar-refractivity contribution in [2.45, 2.75) is 32.2 Å². The molecule has 1 heterocycles. The van der Waals surface area contributed by atoms with Gasteiger partial charge in [-0.05, 0) is 19.8 Å². The van der Waals surface area contributed by atoms with Gasteiger partial charge < -0.3 is 10.6 Å². The Labute approximate surface area is 72.2 Å². The summed E-state index contributed by atoms with van der Waals surface area (Å²) in [5.41, 5.74) is 5.15. The zero-order valence-corrected chi connectivity index (χ0v) is 7.34. The number of hydrogen-bond donors (Lipinski definition) is 2. The van der Waals surface area contributed by atoms with E-state index in [0.29, 0.717) is 5.84 Å². The number of hydrogen-bond acceptors (Lipinski definition) is 2. The lowest BCUT2D eigenvalue weighted by Gasteiger charge is -2.32. The lowest BCUT2D eigenvalue weighted by molar-refractivity contribution is -0.121. The van der Waals surface area contributed by atoms with Crippen molar-refractivity contribution in [1.82, 2.24) is 4.90 Å². The highest BCUT2D eigenvalue weighted by molar-refractivity contribution is 5.87. The average molecular weight is 169 g/mol. The summed E-state index contributed by atoms with van der Waals surface area (Å²) in [4.78, 5) is 12.6. The number of piperidine rings is 1. The van der Waals surface area contributed by atoms with Gasteiger partial charge in [0.2, 0.25) is 5.91 Å². The first-order chi connectivity index (χ1) is 5.63. The number of amides is 1. The molecule has 0 aromatic carbocycles. The van der Waals surface area contributed by atoms with Gasteiger partial charge in [0.1, 0.15) is 6.04 Å². The molecule has 3 N–H and O–H groups in total. The predicted molar refractivity (Wildman–Crippen MR) is 46.9 cm³/mol. The molecule has 0 aromatic heterocycles. The first-order valence-corrected chi connectivity index (χ1v) is 4.26. The fraction of sp³-hybridized carbons (Fsp3) is 0.750. The van der Waals surface area contributed by atoms with Crippen LogP contribution in [-0.2, 0) is 4.79 Å². The third kappa shape index (κ3) is 1.75. The summed E-state index contributed by atoms with van der Waals surface area (Å²) < 4.78 is 0. The van der Waals surface area contributed by atoms with Crippen LogP contribution in [0.25, 0.3) is 0 Å². The lowest BCUT2D eigenvalue weighted by Crippen LogP contribution is -2.47. The van der Waals surface area contributed by atoms with Gasteiger partial charge in [-0.1, -0.05) is 0 Å². The maximum Gasteiger partial charge on any atom is 0.239 e. The van der Waals surface area contributed by atoms with Crippen molar-refractivity contribution in [2.24, 2.45) is 5.73 Å². The van der Waals surface area contributed by atoms with E-state index in [2.05, 4.69) is 0 Å². The highest BCUT2D eigenvalue weighted by Crippen LogP contribution is 2.13. The summed E-state index contributed by atoms with van der Waals surface area (Å²) >= 11 is 0. The maximum atomic E-state index is 10.8. The number of nitrogens with zero attached hydrogens (tertiary/aromatic N) is 1. The molecule has 0 saturated carbocycles. The Kier molecular flexibility index (Phi) is 2.68. The van der Waals surface area contributed by atoms with Gasteiger partial charge in [0.05, 0.1) is 5.84 Å². The SMILES string of the molecule is CC(C(N)=O)N1CCCCC1=N. The Bertz CT molecular complexity index is 202. The minimum absolute atomic E-state index is 0.321. The molecule has 1 rings (SSSR count). The van der Waals surface area contributed by atoms with Crippen LogP contribution in [0.1, 0.15) is 26.2 Å². The number of primary amides is 1. The highest BCUT2D eigenvalue weighted by Gasteiger charge is 2.23. The number of carbonyl (C=O) groups is 1. The van der Waals surface area contributed by atoms with Crippen molar-refractivity contribution in [3.8, 4) is 0 Å². The van der Waals surface area contributed by atoms with E-state index in [1.807, 2.05) is 0 Å². The lowest BCUT2D eigenvalue weighted by atomic mass is 10.1. The van der Waals surface area contributed by atoms with Crippen LogP contribution in [0.15, 0.2) is 0 Å². The number of rotatable bonds is 2.